The van der Waals surface area contributed by atoms with Crippen LogP contribution in [0.3, 0.4) is 0 Å². The summed E-state index contributed by atoms with van der Waals surface area (Å²) in [5.41, 5.74) is 2.33. The molecule has 0 saturated carbocycles. The van der Waals surface area contributed by atoms with E-state index in [2.05, 4.69) is 10.3 Å². The fourth-order valence-electron chi connectivity index (χ4n) is 2.80. The first kappa shape index (κ1) is 19.8. The van der Waals surface area contributed by atoms with Crippen LogP contribution in [0.25, 0.3) is 10.6 Å². The van der Waals surface area contributed by atoms with Crippen molar-refractivity contribution in [3.63, 3.8) is 0 Å². The molecule has 28 heavy (non-hydrogen) atoms. The highest BCUT2D eigenvalue weighted by molar-refractivity contribution is 7.17. The predicted molar refractivity (Wildman–Crippen MR) is 108 cm³/mol. The largest absolute Gasteiger partial charge is 0.493 e. The summed E-state index contributed by atoms with van der Waals surface area (Å²) in [5.74, 6) is 0.716. The van der Waals surface area contributed by atoms with E-state index in [0.717, 1.165) is 16.1 Å². The number of thiazole rings is 1. The van der Waals surface area contributed by atoms with Crippen molar-refractivity contribution in [3.8, 4) is 22.1 Å². The molecule has 0 spiro atoms. The quantitative estimate of drug-likeness (QED) is 0.648. The molecule has 0 fully saturated rings. The van der Waals surface area contributed by atoms with Gasteiger partial charge in [-0.1, -0.05) is 12.1 Å². The lowest BCUT2D eigenvalue weighted by Crippen LogP contribution is -2.26. The van der Waals surface area contributed by atoms with E-state index in [1.807, 2.05) is 19.1 Å². The van der Waals surface area contributed by atoms with Gasteiger partial charge in [-0.2, -0.15) is 0 Å². The van der Waals surface area contributed by atoms with Gasteiger partial charge in [0.25, 0.3) is 5.91 Å². The van der Waals surface area contributed by atoms with Crippen LogP contribution in [0, 0.1) is 12.7 Å². The van der Waals surface area contributed by atoms with Crippen molar-refractivity contribution < 1.29 is 18.7 Å². The Morgan fingerprint density at radius 3 is 2.43 bits per heavy atom. The van der Waals surface area contributed by atoms with E-state index in [-0.39, 0.29) is 17.8 Å². The molecule has 1 unspecified atom stereocenters. The number of aromatic nitrogens is 1. The van der Waals surface area contributed by atoms with E-state index in [1.165, 1.54) is 23.5 Å². The van der Waals surface area contributed by atoms with Gasteiger partial charge in [0, 0.05) is 5.56 Å². The van der Waals surface area contributed by atoms with Crippen LogP contribution >= 0.6 is 11.3 Å². The maximum absolute atomic E-state index is 13.1. The lowest BCUT2D eigenvalue weighted by atomic mass is 10.1. The Hall–Kier alpha value is -2.93. The minimum Gasteiger partial charge on any atom is -0.493 e. The zero-order valence-electron chi connectivity index (χ0n) is 16.1. The second kappa shape index (κ2) is 8.39. The topological polar surface area (TPSA) is 60.5 Å². The molecule has 5 nitrogen and oxygen atoms in total. The van der Waals surface area contributed by atoms with Gasteiger partial charge in [-0.3, -0.25) is 4.79 Å². The molecular weight excluding hydrogens is 379 g/mol. The van der Waals surface area contributed by atoms with Crippen LogP contribution in [-0.2, 0) is 0 Å². The van der Waals surface area contributed by atoms with Gasteiger partial charge in [0.15, 0.2) is 11.5 Å². The van der Waals surface area contributed by atoms with E-state index in [1.54, 1.807) is 39.3 Å². The van der Waals surface area contributed by atoms with Gasteiger partial charge in [0.1, 0.15) is 15.7 Å². The van der Waals surface area contributed by atoms with Crippen LogP contribution in [0.15, 0.2) is 42.5 Å². The summed E-state index contributed by atoms with van der Waals surface area (Å²) in [4.78, 5) is 17.8. The molecule has 1 amide bonds. The molecule has 0 saturated heterocycles. The van der Waals surface area contributed by atoms with Crippen molar-refractivity contribution in [2.75, 3.05) is 14.2 Å². The number of methoxy groups -OCH3 is 2. The number of hydrogen-bond acceptors (Lipinski definition) is 5. The number of carbonyl (C=O) groups excluding carboxylic acids is 1. The highest BCUT2D eigenvalue weighted by Crippen LogP contribution is 2.35. The molecule has 0 aliphatic carbocycles. The fourth-order valence-corrected chi connectivity index (χ4v) is 3.76. The SMILES string of the molecule is COc1ccc(-c2nc(C)c(C(=O)NC(C)c3ccc(F)cc3)s2)cc1OC. The van der Waals surface area contributed by atoms with Gasteiger partial charge < -0.3 is 14.8 Å². The summed E-state index contributed by atoms with van der Waals surface area (Å²) in [6, 6.07) is 11.3. The number of benzene rings is 2. The number of nitrogens with zero attached hydrogens (tertiary/aromatic N) is 1. The molecule has 1 N–H and O–H groups in total. The number of rotatable bonds is 6. The highest BCUT2D eigenvalue weighted by Gasteiger charge is 2.19. The number of carbonyl (C=O) groups is 1. The summed E-state index contributed by atoms with van der Waals surface area (Å²) >= 11 is 1.31. The van der Waals surface area contributed by atoms with E-state index >= 15 is 0 Å². The second-order valence-corrected chi connectivity index (χ2v) is 7.25. The maximum Gasteiger partial charge on any atom is 0.263 e. The maximum atomic E-state index is 13.1. The zero-order valence-corrected chi connectivity index (χ0v) is 16.9. The number of nitrogens with one attached hydrogen (secondary N) is 1. The Kier molecular flexibility index (Phi) is 5.94. The highest BCUT2D eigenvalue weighted by atomic mass is 32.1. The predicted octanol–water partition coefficient (Wildman–Crippen LogP) is 4.77. The normalized spacial score (nSPS) is 11.8. The third kappa shape index (κ3) is 4.14. The Bertz CT molecular complexity index is 986. The number of hydrogen-bond donors (Lipinski definition) is 1. The molecule has 3 aromatic rings. The molecule has 7 heteroatoms. The Morgan fingerprint density at radius 1 is 1.11 bits per heavy atom. The van der Waals surface area contributed by atoms with Crippen molar-refractivity contribution in [2.45, 2.75) is 19.9 Å². The van der Waals surface area contributed by atoms with Crippen LogP contribution in [0.1, 0.15) is 33.9 Å². The molecule has 1 aromatic heterocycles. The van der Waals surface area contributed by atoms with Crippen LogP contribution in [0.4, 0.5) is 4.39 Å². The summed E-state index contributed by atoms with van der Waals surface area (Å²) in [6.07, 6.45) is 0. The first-order chi connectivity index (χ1) is 13.4. The van der Waals surface area contributed by atoms with Crippen LogP contribution in [-0.4, -0.2) is 25.1 Å². The molecule has 2 aromatic carbocycles. The molecule has 0 bridgehead atoms. The molecule has 0 aliphatic heterocycles. The minimum absolute atomic E-state index is 0.210. The van der Waals surface area contributed by atoms with Crippen molar-refractivity contribution in [3.05, 3.63) is 64.4 Å². The van der Waals surface area contributed by atoms with Gasteiger partial charge in [0.05, 0.1) is 26.0 Å². The van der Waals surface area contributed by atoms with Gasteiger partial charge in [0.2, 0.25) is 0 Å². The standard InChI is InChI=1S/C21H21FN2O3S/c1-12(14-5-8-16(22)9-6-14)23-20(25)19-13(2)24-21(28-19)15-7-10-17(26-3)18(11-15)27-4/h5-12H,1-4H3,(H,23,25). The molecule has 0 radical (unpaired) electrons. The Balaban J connectivity index is 1.81. The van der Waals surface area contributed by atoms with E-state index in [9.17, 15) is 9.18 Å². The van der Waals surface area contributed by atoms with E-state index in [0.29, 0.717) is 22.1 Å². The number of amides is 1. The van der Waals surface area contributed by atoms with Gasteiger partial charge in [-0.15, -0.1) is 11.3 Å². The van der Waals surface area contributed by atoms with Gasteiger partial charge >= 0.3 is 0 Å². The number of halogens is 1. The number of aryl methyl sites for hydroxylation is 1. The molecule has 1 heterocycles. The lowest BCUT2D eigenvalue weighted by molar-refractivity contribution is 0.0943. The third-order valence-corrected chi connectivity index (χ3v) is 5.56. The fraction of sp³-hybridized carbons (Fsp3) is 0.238. The van der Waals surface area contributed by atoms with Crippen molar-refractivity contribution >= 4 is 17.2 Å². The van der Waals surface area contributed by atoms with Crippen LogP contribution in [0.5, 0.6) is 11.5 Å². The van der Waals surface area contributed by atoms with Gasteiger partial charge in [-0.05, 0) is 49.7 Å². The molecule has 146 valence electrons. The Morgan fingerprint density at radius 2 is 1.79 bits per heavy atom. The summed E-state index contributed by atoms with van der Waals surface area (Å²) in [5, 5.41) is 3.66. The van der Waals surface area contributed by atoms with Crippen LogP contribution in [0.2, 0.25) is 0 Å². The summed E-state index contributed by atoms with van der Waals surface area (Å²) in [7, 11) is 3.15. The van der Waals surface area contributed by atoms with Crippen molar-refractivity contribution in [2.24, 2.45) is 0 Å². The minimum atomic E-state index is -0.305. The average Bonchev–Trinajstić information content (AvgIpc) is 3.09. The molecular formula is C21H21FN2O3S. The van der Waals surface area contributed by atoms with Crippen LogP contribution < -0.4 is 14.8 Å². The first-order valence-electron chi connectivity index (χ1n) is 8.69. The zero-order chi connectivity index (χ0) is 20.3. The molecule has 0 aliphatic rings. The summed E-state index contributed by atoms with van der Waals surface area (Å²) in [6.45, 7) is 3.66. The van der Waals surface area contributed by atoms with E-state index < -0.39 is 0 Å². The van der Waals surface area contributed by atoms with Crippen molar-refractivity contribution in [1.82, 2.24) is 10.3 Å². The third-order valence-electron chi connectivity index (χ3n) is 4.35. The molecule has 1 atom stereocenters. The Labute approximate surface area is 167 Å². The van der Waals surface area contributed by atoms with Crippen molar-refractivity contribution in [1.29, 1.82) is 0 Å². The lowest BCUT2D eigenvalue weighted by Gasteiger charge is -2.13. The second-order valence-electron chi connectivity index (χ2n) is 6.25. The smallest absolute Gasteiger partial charge is 0.263 e. The molecule has 3 rings (SSSR count). The summed E-state index contributed by atoms with van der Waals surface area (Å²) < 4.78 is 23.7. The average molecular weight is 400 g/mol. The van der Waals surface area contributed by atoms with Gasteiger partial charge in [-0.25, -0.2) is 9.37 Å². The monoisotopic (exact) mass is 400 g/mol. The number of ether oxygens (including phenoxy) is 2. The first-order valence-corrected chi connectivity index (χ1v) is 9.50. The van der Waals surface area contributed by atoms with E-state index in [4.69, 9.17) is 9.47 Å².